The second-order valence-corrected chi connectivity index (χ2v) is 14.9. The molecule has 0 radical (unpaired) electrons. The third-order valence-electron chi connectivity index (χ3n) is 11.7. The lowest BCUT2D eigenvalue weighted by Gasteiger charge is -2.39. The van der Waals surface area contributed by atoms with E-state index >= 15 is 0 Å². The summed E-state index contributed by atoms with van der Waals surface area (Å²) in [5.41, 5.74) is 15.4. The van der Waals surface area contributed by atoms with E-state index in [4.69, 9.17) is 0 Å². The van der Waals surface area contributed by atoms with Crippen LogP contribution in [0.3, 0.4) is 0 Å². The summed E-state index contributed by atoms with van der Waals surface area (Å²) in [6.07, 6.45) is 43.0. The van der Waals surface area contributed by atoms with E-state index in [1.165, 1.54) is 74.6 Å². The molecule has 0 spiro atoms. The average Bonchev–Trinajstić information content (AvgIpc) is 3.39. The molecular formula is C46H46N2. The van der Waals surface area contributed by atoms with E-state index in [1.54, 1.807) is 0 Å². The van der Waals surface area contributed by atoms with Crippen molar-refractivity contribution in [2.24, 2.45) is 5.92 Å². The van der Waals surface area contributed by atoms with Crippen LogP contribution in [0.4, 0.5) is 0 Å². The van der Waals surface area contributed by atoms with Gasteiger partial charge in [-0.2, -0.15) is 0 Å². The second kappa shape index (κ2) is 11.8. The molecule has 2 nitrogen and oxygen atoms in total. The molecule has 7 aliphatic rings. The van der Waals surface area contributed by atoms with Crippen LogP contribution in [0.1, 0.15) is 81.9 Å². The van der Waals surface area contributed by atoms with Gasteiger partial charge in [-0.05, 0) is 121 Å². The molecule has 0 N–H and O–H groups in total. The quantitative estimate of drug-likeness (QED) is 0.326. The first-order valence-electron chi connectivity index (χ1n) is 18.3. The van der Waals surface area contributed by atoms with Gasteiger partial charge in [-0.15, -0.1) is 0 Å². The van der Waals surface area contributed by atoms with Gasteiger partial charge >= 0.3 is 0 Å². The Balaban J connectivity index is 1.04. The van der Waals surface area contributed by atoms with Gasteiger partial charge in [-0.1, -0.05) is 111 Å². The van der Waals surface area contributed by atoms with Gasteiger partial charge in [0.15, 0.2) is 0 Å². The maximum atomic E-state index is 2.66. The van der Waals surface area contributed by atoms with Crippen LogP contribution in [0.5, 0.6) is 0 Å². The molecule has 0 saturated carbocycles. The summed E-state index contributed by atoms with van der Waals surface area (Å²) in [6, 6.07) is 16.7. The van der Waals surface area contributed by atoms with E-state index in [1.807, 2.05) is 0 Å². The molecule has 1 fully saturated rings. The molecule has 9 rings (SSSR count). The molecule has 1 aliphatic heterocycles. The molecule has 3 atom stereocenters. The zero-order chi connectivity index (χ0) is 32.2. The summed E-state index contributed by atoms with van der Waals surface area (Å²) in [5, 5.41) is 0. The number of nitrogens with zero attached hydrogens (tertiary/aromatic N) is 2. The van der Waals surface area contributed by atoms with Crippen LogP contribution in [-0.4, -0.2) is 21.9 Å². The summed E-state index contributed by atoms with van der Waals surface area (Å²) < 4.78 is 0. The fraction of sp³-hybridized carbons (Fsp3) is 0.304. The second-order valence-electron chi connectivity index (χ2n) is 14.9. The van der Waals surface area contributed by atoms with Gasteiger partial charge in [0.2, 0.25) is 0 Å². The first-order valence-corrected chi connectivity index (χ1v) is 18.3. The topological polar surface area (TPSA) is 6.48 Å². The number of allylic oxidation sites excluding steroid dienone is 13. The molecule has 0 aromatic heterocycles. The van der Waals surface area contributed by atoms with Gasteiger partial charge in [0, 0.05) is 34.1 Å². The van der Waals surface area contributed by atoms with Crippen LogP contribution in [0.25, 0.3) is 16.7 Å². The maximum absolute atomic E-state index is 2.66. The highest BCUT2D eigenvalue weighted by Crippen LogP contribution is 2.50. The Morgan fingerprint density at radius 1 is 0.792 bits per heavy atom. The van der Waals surface area contributed by atoms with Crippen molar-refractivity contribution < 1.29 is 0 Å². The first kappa shape index (κ1) is 29.6. The molecule has 0 bridgehead atoms. The Morgan fingerprint density at radius 2 is 1.69 bits per heavy atom. The Labute approximate surface area is 286 Å². The predicted molar refractivity (Wildman–Crippen MR) is 201 cm³/mol. The summed E-state index contributed by atoms with van der Waals surface area (Å²) >= 11 is 0. The fourth-order valence-corrected chi connectivity index (χ4v) is 9.23. The summed E-state index contributed by atoms with van der Waals surface area (Å²) in [5.74, 6) is 0.406. The molecule has 0 amide bonds. The van der Waals surface area contributed by atoms with Crippen molar-refractivity contribution in [3.05, 3.63) is 173 Å². The van der Waals surface area contributed by atoms with Gasteiger partial charge in [-0.3, -0.25) is 0 Å². The van der Waals surface area contributed by atoms with E-state index in [9.17, 15) is 0 Å². The minimum Gasteiger partial charge on any atom is -0.338 e. The van der Waals surface area contributed by atoms with Crippen LogP contribution >= 0.6 is 0 Å². The standard InChI is InChI=1S/C46H46N2/c1-46(2)42-20-12-10-18-38(42)39-28-24-33(30-43(39)46)32-22-25-36(26-23-32)47(34-14-8-5-9-15-34)37-27-29-41-40-19-11-13-21-44(40)48(45(41)31-37)35-16-6-3-4-7-17-35/h5-6,8,10,12,14,16-25,27-31,36,41,45H,3-4,7,9,11,13,15,26H2,1-2H3. The molecule has 1 heterocycles. The van der Waals surface area contributed by atoms with Crippen molar-refractivity contribution in [2.75, 3.05) is 0 Å². The minimum absolute atomic E-state index is 0.0130. The zero-order valence-electron chi connectivity index (χ0n) is 28.4. The number of hydrogen-bond donors (Lipinski definition) is 0. The van der Waals surface area contributed by atoms with Crippen LogP contribution in [0.15, 0.2) is 156 Å². The highest BCUT2D eigenvalue weighted by atomic mass is 15.2. The Bertz CT molecular complexity index is 1980. The lowest BCUT2D eigenvalue weighted by molar-refractivity contribution is 0.338. The van der Waals surface area contributed by atoms with E-state index < -0.39 is 0 Å². The van der Waals surface area contributed by atoms with Gasteiger partial charge in [0.25, 0.3) is 0 Å². The molecule has 2 heteroatoms. The third-order valence-corrected chi connectivity index (χ3v) is 11.7. The largest absolute Gasteiger partial charge is 0.338 e. The molecule has 48 heavy (non-hydrogen) atoms. The SMILES string of the molecule is CC1(C)c2ccccc2-c2ccc(C3=CCC(N(C4=CC5C(C=C4)C4=CCCC=C4N5C4=CCCCC=C4)C4=CC=CCC4)C=C3)cc21. The predicted octanol–water partition coefficient (Wildman–Crippen LogP) is 11.2. The smallest absolute Gasteiger partial charge is 0.0649 e. The van der Waals surface area contributed by atoms with Crippen LogP contribution in [0, 0.1) is 5.92 Å². The van der Waals surface area contributed by atoms with Gasteiger partial charge in [-0.25, -0.2) is 0 Å². The molecule has 3 unspecified atom stereocenters. The number of benzene rings is 2. The van der Waals surface area contributed by atoms with E-state index in [2.05, 4.69) is 151 Å². The molecule has 1 saturated heterocycles. The molecule has 6 aliphatic carbocycles. The van der Waals surface area contributed by atoms with Crippen LogP contribution in [-0.2, 0) is 5.41 Å². The monoisotopic (exact) mass is 626 g/mol. The van der Waals surface area contributed by atoms with E-state index in [0.717, 1.165) is 38.5 Å². The van der Waals surface area contributed by atoms with Crippen molar-refractivity contribution in [1.29, 1.82) is 0 Å². The molecule has 2 aromatic carbocycles. The number of rotatable bonds is 5. The van der Waals surface area contributed by atoms with Gasteiger partial charge < -0.3 is 9.80 Å². The van der Waals surface area contributed by atoms with Crippen molar-refractivity contribution in [1.82, 2.24) is 9.80 Å². The van der Waals surface area contributed by atoms with Crippen molar-refractivity contribution >= 4 is 5.57 Å². The summed E-state index contributed by atoms with van der Waals surface area (Å²) in [7, 11) is 0. The number of hydrogen-bond acceptors (Lipinski definition) is 2. The lowest BCUT2D eigenvalue weighted by Crippen LogP contribution is -2.37. The van der Waals surface area contributed by atoms with Gasteiger partial charge in [0.05, 0.1) is 12.1 Å². The van der Waals surface area contributed by atoms with Crippen molar-refractivity contribution in [3.8, 4) is 11.1 Å². The highest BCUT2D eigenvalue weighted by Gasteiger charge is 2.43. The number of likely N-dealkylation sites (tertiary alicyclic amines) is 1. The van der Waals surface area contributed by atoms with Crippen molar-refractivity contribution in [3.63, 3.8) is 0 Å². The average molecular weight is 627 g/mol. The number of fused-ring (bicyclic) bond motifs is 6. The summed E-state index contributed by atoms with van der Waals surface area (Å²) in [4.78, 5) is 5.32. The normalized spacial score (nSPS) is 26.2. The zero-order valence-corrected chi connectivity index (χ0v) is 28.4. The molecule has 2 aromatic rings. The lowest BCUT2D eigenvalue weighted by atomic mass is 9.81. The Morgan fingerprint density at radius 3 is 2.56 bits per heavy atom. The van der Waals surface area contributed by atoms with Gasteiger partial charge in [0.1, 0.15) is 0 Å². The fourth-order valence-electron chi connectivity index (χ4n) is 9.23. The van der Waals surface area contributed by atoms with Crippen LogP contribution in [0.2, 0.25) is 0 Å². The van der Waals surface area contributed by atoms with E-state index in [0.29, 0.717) is 12.0 Å². The molecular weight excluding hydrogens is 581 g/mol. The maximum Gasteiger partial charge on any atom is 0.0649 e. The molecule has 240 valence electrons. The van der Waals surface area contributed by atoms with E-state index in [-0.39, 0.29) is 11.5 Å². The third kappa shape index (κ3) is 4.83. The summed E-state index contributed by atoms with van der Waals surface area (Å²) in [6.45, 7) is 4.75. The Hall–Kier alpha value is -4.56. The Kier molecular flexibility index (Phi) is 7.30. The first-order chi connectivity index (χ1) is 23.6. The van der Waals surface area contributed by atoms with Crippen LogP contribution < -0.4 is 0 Å². The van der Waals surface area contributed by atoms with Crippen molar-refractivity contribution in [2.45, 2.75) is 82.7 Å². The highest BCUT2D eigenvalue weighted by molar-refractivity contribution is 5.84. The minimum atomic E-state index is 0.0130.